The average Bonchev–Trinajstić information content (AvgIpc) is 2.75. The van der Waals surface area contributed by atoms with Crippen molar-refractivity contribution in [2.45, 2.75) is 43.4 Å². The van der Waals surface area contributed by atoms with Crippen molar-refractivity contribution in [3.05, 3.63) is 29.8 Å². The van der Waals surface area contributed by atoms with E-state index in [-0.39, 0.29) is 10.6 Å². The summed E-state index contributed by atoms with van der Waals surface area (Å²) < 4.78 is 137. The molecule has 0 radical (unpaired) electrons. The highest BCUT2D eigenvalue weighted by molar-refractivity contribution is 5.31. The number of likely N-dealkylation sites (N-methyl/N-ethyl adjacent to an activating group) is 1. The van der Waals surface area contributed by atoms with E-state index in [2.05, 4.69) is 0 Å². The van der Waals surface area contributed by atoms with Gasteiger partial charge >= 0.3 is 0 Å². The lowest BCUT2D eigenvalue weighted by atomic mass is 9.72. The highest BCUT2D eigenvalue weighted by Gasteiger charge is 2.38. The van der Waals surface area contributed by atoms with Gasteiger partial charge in [0.15, 0.2) is 0 Å². The Morgan fingerprint density at radius 1 is 1.45 bits per heavy atom. The van der Waals surface area contributed by atoms with Crippen molar-refractivity contribution in [2.24, 2.45) is 0 Å². The minimum Gasteiger partial charge on any atom is -0.497 e. The van der Waals surface area contributed by atoms with Gasteiger partial charge in [0.05, 0.1) is 12.7 Å². The molecule has 3 heteroatoms. The molecule has 1 saturated carbocycles. The summed E-state index contributed by atoms with van der Waals surface area (Å²) in [6.45, 7) is -7.10. The number of aliphatic hydroxyl groups is 1. The van der Waals surface area contributed by atoms with Gasteiger partial charge in [-0.15, -0.1) is 0 Å². The zero-order chi connectivity index (χ0) is 28.8. The van der Waals surface area contributed by atoms with Crippen molar-refractivity contribution >= 4 is 0 Å². The standard InChI is InChI=1S/C17H27NO2/c1-18(2)13-16(17(19)11-5-4-6-12-17)14-7-9-15(20-3)10-8-14/h7-10,16,19H,4-6,11-13H2,1-3H3/i1D3,4D2,5D2,6D2,11D2,12D2,13D2,16D. The molecule has 0 heterocycles. The molecule has 0 aliphatic heterocycles. The van der Waals surface area contributed by atoms with Crippen molar-refractivity contribution in [1.82, 2.24) is 4.90 Å². The fraction of sp³-hybridized carbons (Fsp3) is 0.647. The first kappa shape index (κ1) is 4.72. The summed E-state index contributed by atoms with van der Waals surface area (Å²) in [6.07, 6.45) is -20.5. The van der Waals surface area contributed by atoms with Crippen LogP contribution in [-0.4, -0.2) is 43.2 Å². The van der Waals surface area contributed by atoms with Gasteiger partial charge in [0, 0.05) is 34.3 Å². The van der Waals surface area contributed by atoms with Crippen LogP contribution < -0.4 is 4.74 Å². The van der Waals surface area contributed by atoms with E-state index in [1.54, 1.807) is 0 Å². The summed E-state index contributed by atoms with van der Waals surface area (Å²) >= 11 is 0. The molecular weight excluding hydrogens is 250 g/mol. The molecule has 0 bridgehead atoms. The number of benzene rings is 1. The number of hydrogen-bond acceptors (Lipinski definition) is 3. The van der Waals surface area contributed by atoms with Crippen molar-refractivity contribution in [3.8, 4) is 5.75 Å². The van der Waals surface area contributed by atoms with Gasteiger partial charge in [-0.3, -0.25) is 0 Å². The molecule has 1 aromatic carbocycles. The van der Waals surface area contributed by atoms with Crippen LogP contribution >= 0.6 is 0 Å². The molecule has 1 N–H and O–H groups in total. The van der Waals surface area contributed by atoms with Crippen molar-refractivity contribution in [2.75, 3.05) is 27.6 Å². The van der Waals surface area contributed by atoms with Crippen molar-refractivity contribution < 1.29 is 31.8 Å². The zero-order valence-electron chi connectivity index (χ0n) is 27.1. The number of rotatable bonds is 5. The van der Waals surface area contributed by atoms with Crippen molar-refractivity contribution in [3.63, 3.8) is 0 Å². The Kier molecular flexibility index (Phi) is 1.56. The van der Waals surface area contributed by atoms with Gasteiger partial charge in [0.2, 0.25) is 0 Å². The lowest BCUT2D eigenvalue weighted by Crippen LogP contribution is -2.42. The summed E-state index contributed by atoms with van der Waals surface area (Å²) in [4.78, 5) is -0.0598. The van der Waals surface area contributed by atoms with Gasteiger partial charge in [-0.1, -0.05) is 31.3 Å². The van der Waals surface area contributed by atoms with Crippen LogP contribution in [0.3, 0.4) is 0 Å². The third-order valence-electron chi connectivity index (χ3n) is 2.63. The van der Waals surface area contributed by atoms with E-state index in [1.165, 1.54) is 7.11 Å². The first-order valence-corrected chi connectivity index (χ1v) is 5.80. The molecule has 0 spiro atoms. The van der Waals surface area contributed by atoms with Crippen molar-refractivity contribution in [1.29, 1.82) is 0 Å². The summed E-state index contributed by atoms with van der Waals surface area (Å²) in [5.41, 5.74) is -5.14. The third-order valence-corrected chi connectivity index (χ3v) is 2.63. The van der Waals surface area contributed by atoms with E-state index in [1.807, 2.05) is 0 Å². The molecular formula is C17H27NO2. The maximum atomic E-state index is 11.9. The summed E-state index contributed by atoms with van der Waals surface area (Å²) in [7, 11) is 1.90. The lowest BCUT2D eigenvalue weighted by Gasteiger charge is -2.40. The Morgan fingerprint density at radius 3 is 2.65 bits per heavy atom. The minimum atomic E-state index is -4.39. The second kappa shape index (κ2) is 6.59. The monoisotopic (exact) mass is 293 g/mol. The number of methoxy groups -OCH3 is 1. The molecule has 1 aliphatic rings. The van der Waals surface area contributed by atoms with Gasteiger partial charge in [-0.25, -0.2) is 0 Å². The van der Waals surface area contributed by atoms with E-state index in [0.717, 1.165) is 24.3 Å². The lowest BCUT2D eigenvalue weighted by molar-refractivity contribution is -0.0277. The first-order valence-electron chi connectivity index (χ1n) is 13.8. The van der Waals surface area contributed by atoms with Crippen LogP contribution in [0.15, 0.2) is 24.3 Å². The van der Waals surface area contributed by atoms with Gasteiger partial charge in [0.25, 0.3) is 0 Å². The Balaban J connectivity index is 3.19. The van der Waals surface area contributed by atoms with Crippen LogP contribution in [0.2, 0.25) is 0 Å². The predicted octanol–water partition coefficient (Wildman–Crippen LogP) is 3.04. The maximum Gasteiger partial charge on any atom is 0.118 e. The Morgan fingerprint density at radius 2 is 2.10 bits per heavy atom. The predicted molar refractivity (Wildman–Crippen MR) is 82.3 cm³/mol. The second-order valence-electron chi connectivity index (χ2n) is 4.11. The van der Waals surface area contributed by atoms with E-state index in [9.17, 15) is 6.48 Å². The Hall–Kier alpha value is -1.06. The van der Waals surface area contributed by atoms with E-state index >= 15 is 0 Å². The Labute approximate surface area is 145 Å². The van der Waals surface area contributed by atoms with Gasteiger partial charge in [-0.05, 0) is 44.5 Å². The number of ether oxygens (including phenoxy) is 1. The van der Waals surface area contributed by atoms with E-state index in [4.69, 9.17) is 25.3 Å². The molecule has 20 heavy (non-hydrogen) atoms. The molecule has 0 amide bonds. The van der Waals surface area contributed by atoms with Crippen LogP contribution in [0.5, 0.6) is 5.75 Å². The summed E-state index contributed by atoms with van der Waals surface area (Å²) in [6, 6.07) is 4.03. The zero-order valence-corrected chi connectivity index (χ0v) is 11.1. The molecule has 1 fully saturated rings. The minimum absolute atomic E-state index is 0.0598. The van der Waals surface area contributed by atoms with E-state index in [0.29, 0.717) is 7.05 Å². The van der Waals surface area contributed by atoms with Gasteiger partial charge in [-0.2, -0.15) is 0 Å². The molecule has 1 atom stereocenters. The smallest absolute Gasteiger partial charge is 0.118 e. The SMILES string of the molecule is [2H]C([2H])([2H])N(C)C([2H])([2H])C([2H])(c1ccc(OC)cc1)C1(O)C([2H])([2H])C([2H])([2H])C([2H])([2H])C([2H])([2H])C1([2H])[2H]. The highest BCUT2D eigenvalue weighted by Crippen LogP contribution is 2.40. The molecule has 0 aromatic heterocycles. The third kappa shape index (κ3) is 3.53. The highest BCUT2D eigenvalue weighted by atomic mass is 16.5. The quantitative estimate of drug-likeness (QED) is 0.906. The molecule has 1 unspecified atom stereocenters. The largest absolute Gasteiger partial charge is 0.497 e. The molecule has 112 valence electrons. The molecule has 1 aromatic rings. The second-order valence-corrected chi connectivity index (χ2v) is 4.11. The van der Waals surface area contributed by atoms with Crippen LogP contribution in [0.1, 0.15) is 65.3 Å². The van der Waals surface area contributed by atoms with Crippen LogP contribution in [0.4, 0.5) is 0 Å². The molecule has 1 aliphatic carbocycles. The summed E-state index contributed by atoms with van der Waals surface area (Å²) in [5, 5.41) is 11.9. The van der Waals surface area contributed by atoms with Gasteiger partial charge < -0.3 is 14.7 Å². The fourth-order valence-corrected chi connectivity index (χ4v) is 1.71. The average molecular weight is 294 g/mol. The molecule has 0 saturated heterocycles. The molecule has 2 rings (SSSR count). The normalized spacial score (nSPS) is 47.2. The number of nitrogens with zero attached hydrogens (tertiary/aromatic N) is 1. The first-order chi connectivity index (χ1) is 15.7. The van der Waals surface area contributed by atoms with E-state index < -0.39 is 62.4 Å². The Bertz CT molecular complexity index is 959. The number of hydrogen-bond donors (Lipinski definition) is 1. The van der Waals surface area contributed by atoms with Crippen LogP contribution in [0.25, 0.3) is 0 Å². The summed E-state index contributed by atoms with van der Waals surface area (Å²) in [5.74, 6) is -3.71. The fourth-order valence-electron chi connectivity index (χ4n) is 1.71. The molecule has 3 nitrogen and oxygen atoms in total. The van der Waals surface area contributed by atoms with Crippen LogP contribution in [0, 0.1) is 0 Å². The maximum absolute atomic E-state index is 11.9. The van der Waals surface area contributed by atoms with Gasteiger partial charge in [0.1, 0.15) is 5.75 Å². The topological polar surface area (TPSA) is 32.7 Å². The van der Waals surface area contributed by atoms with Crippen LogP contribution in [-0.2, 0) is 0 Å².